The zero-order chi connectivity index (χ0) is 9.14. The first-order chi connectivity index (χ1) is 5.58. The highest BCUT2D eigenvalue weighted by atomic mass is 16.3. The first kappa shape index (κ1) is 8.39. The number of urea groups is 1. The van der Waals surface area contributed by atoms with Crippen molar-refractivity contribution < 1.29 is 9.90 Å². The van der Waals surface area contributed by atoms with Gasteiger partial charge in [-0.05, 0) is 24.6 Å². The minimum absolute atomic E-state index is 0.110. The van der Waals surface area contributed by atoms with Crippen LogP contribution in [-0.2, 0) is 0 Å². The van der Waals surface area contributed by atoms with E-state index in [-0.39, 0.29) is 5.75 Å². The number of hydrogen-bond acceptors (Lipinski definition) is 2. The van der Waals surface area contributed by atoms with Crippen molar-refractivity contribution in [1.82, 2.24) is 0 Å². The van der Waals surface area contributed by atoms with Gasteiger partial charge in [0.25, 0.3) is 0 Å². The lowest BCUT2D eigenvalue weighted by Crippen LogP contribution is -2.19. The molecule has 0 saturated heterocycles. The standard InChI is InChI=1S/C8H10N2O2/c1-5-2-6(10-8(9)12)4-7(11)3-5/h2-4,11H,1H3,(H3,9,10,12). The Labute approximate surface area is 70.0 Å². The Morgan fingerprint density at radius 3 is 2.67 bits per heavy atom. The molecule has 12 heavy (non-hydrogen) atoms. The number of rotatable bonds is 1. The molecule has 0 saturated carbocycles. The van der Waals surface area contributed by atoms with Crippen LogP contribution in [0.4, 0.5) is 10.5 Å². The van der Waals surface area contributed by atoms with Gasteiger partial charge in [0.05, 0.1) is 0 Å². The normalized spacial score (nSPS) is 9.42. The fourth-order valence-electron chi connectivity index (χ4n) is 0.977. The highest BCUT2D eigenvalue weighted by molar-refractivity contribution is 5.88. The number of nitrogens with one attached hydrogen (secondary N) is 1. The Balaban J connectivity index is 2.93. The van der Waals surface area contributed by atoms with Gasteiger partial charge >= 0.3 is 6.03 Å². The number of amides is 2. The summed E-state index contributed by atoms with van der Waals surface area (Å²) < 4.78 is 0. The van der Waals surface area contributed by atoms with Gasteiger partial charge in [0.1, 0.15) is 5.75 Å². The van der Waals surface area contributed by atoms with Gasteiger partial charge in [-0.2, -0.15) is 0 Å². The molecule has 64 valence electrons. The van der Waals surface area contributed by atoms with Gasteiger partial charge in [0, 0.05) is 11.8 Å². The second kappa shape index (κ2) is 3.13. The summed E-state index contributed by atoms with van der Waals surface area (Å²) in [4.78, 5) is 10.4. The van der Waals surface area contributed by atoms with E-state index in [1.54, 1.807) is 12.1 Å². The summed E-state index contributed by atoms with van der Waals surface area (Å²) in [6.45, 7) is 1.81. The van der Waals surface area contributed by atoms with E-state index in [0.29, 0.717) is 5.69 Å². The number of benzene rings is 1. The number of nitrogens with two attached hydrogens (primary N) is 1. The van der Waals surface area contributed by atoms with Crippen molar-refractivity contribution in [3.05, 3.63) is 23.8 Å². The number of primary amides is 1. The van der Waals surface area contributed by atoms with Crippen molar-refractivity contribution in [3.63, 3.8) is 0 Å². The third kappa shape index (κ3) is 2.16. The monoisotopic (exact) mass is 166 g/mol. The van der Waals surface area contributed by atoms with Crippen LogP contribution < -0.4 is 11.1 Å². The van der Waals surface area contributed by atoms with E-state index < -0.39 is 6.03 Å². The first-order valence-corrected chi connectivity index (χ1v) is 3.45. The molecule has 1 aromatic rings. The maximum Gasteiger partial charge on any atom is 0.316 e. The van der Waals surface area contributed by atoms with Crippen molar-refractivity contribution in [2.45, 2.75) is 6.92 Å². The summed E-state index contributed by atoms with van der Waals surface area (Å²) in [7, 11) is 0. The summed E-state index contributed by atoms with van der Waals surface area (Å²) in [6.07, 6.45) is 0. The van der Waals surface area contributed by atoms with Crippen molar-refractivity contribution in [3.8, 4) is 5.75 Å². The maximum absolute atomic E-state index is 10.4. The van der Waals surface area contributed by atoms with Crippen LogP contribution in [0.5, 0.6) is 5.75 Å². The van der Waals surface area contributed by atoms with E-state index in [9.17, 15) is 4.79 Å². The molecule has 0 aromatic heterocycles. The molecule has 0 heterocycles. The molecule has 1 aromatic carbocycles. The molecule has 0 spiro atoms. The zero-order valence-electron chi connectivity index (χ0n) is 6.66. The predicted molar refractivity (Wildman–Crippen MR) is 46.0 cm³/mol. The van der Waals surface area contributed by atoms with Crippen LogP contribution in [0.25, 0.3) is 0 Å². The molecule has 4 N–H and O–H groups in total. The van der Waals surface area contributed by atoms with Gasteiger partial charge in [-0.25, -0.2) is 4.79 Å². The van der Waals surface area contributed by atoms with E-state index >= 15 is 0 Å². The van der Waals surface area contributed by atoms with Crippen LogP contribution in [0, 0.1) is 6.92 Å². The minimum atomic E-state index is -0.639. The molecule has 0 fully saturated rings. The molecule has 0 unspecified atom stereocenters. The van der Waals surface area contributed by atoms with Crippen LogP contribution in [0.1, 0.15) is 5.56 Å². The largest absolute Gasteiger partial charge is 0.508 e. The third-order valence-corrected chi connectivity index (χ3v) is 1.33. The molecule has 0 aliphatic carbocycles. The van der Waals surface area contributed by atoms with Crippen LogP contribution in [0.3, 0.4) is 0 Å². The summed E-state index contributed by atoms with van der Waals surface area (Å²) in [5.74, 6) is 0.110. The minimum Gasteiger partial charge on any atom is -0.508 e. The number of aromatic hydroxyl groups is 1. The molecule has 0 aliphatic heterocycles. The second-order valence-corrected chi connectivity index (χ2v) is 2.55. The summed E-state index contributed by atoms with van der Waals surface area (Å²) in [5.41, 5.74) is 6.25. The number of aryl methyl sites for hydroxylation is 1. The quantitative estimate of drug-likeness (QED) is 0.586. The van der Waals surface area contributed by atoms with Crippen molar-refractivity contribution >= 4 is 11.7 Å². The highest BCUT2D eigenvalue weighted by Gasteiger charge is 1.98. The topological polar surface area (TPSA) is 75.3 Å². The molecule has 0 bridgehead atoms. The van der Waals surface area contributed by atoms with Crippen LogP contribution >= 0.6 is 0 Å². The molecule has 2 amide bonds. The predicted octanol–water partition coefficient (Wildman–Crippen LogP) is 1.19. The number of phenols is 1. The molecular formula is C8H10N2O2. The smallest absolute Gasteiger partial charge is 0.316 e. The Hall–Kier alpha value is -1.71. The number of hydrogen-bond donors (Lipinski definition) is 3. The molecule has 0 atom stereocenters. The van der Waals surface area contributed by atoms with E-state index in [0.717, 1.165) is 5.56 Å². The highest BCUT2D eigenvalue weighted by Crippen LogP contribution is 2.18. The van der Waals surface area contributed by atoms with Crippen LogP contribution in [0.15, 0.2) is 18.2 Å². The van der Waals surface area contributed by atoms with E-state index in [1.807, 2.05) is 6.92 Å². The lowest BCUT2D eigenvalue weighted by Gasteiger charge is -2.03. The van der Waals surface area contributed by atoms with Crippen LogP contribution in [-0.4, -0.2) is 11.1 Å². The molecule has 0 aliphatic rings. The van der Waals surface area contributed by atoms with E-state index in [2.05, 4.69) is 5.32 Å². The first-order valence-electron chi connectivity index (χ1n) is 3.45. The number of carbonyl (C=O) groups excluding carboxylic acids is 1. The Bertz CT molecular complexity index is 290. The van der Waals surface area contributed by atoms with Crippen LogP contribution in [0.2, 0.25) is 0 Å². The van der Waals surface area contributed by atoms with Gasteiger partial charge in [-0.3, -0.25) is 0 Å². The number of phenolic OH excluding ortho intramolecular Hbond substituents is 1. The summed E-state index contributed by atoms with van der Waals surface area (Å²) in [6, 6.07) is 4.09. The maximum atomic E-state index is 10.4. The van der Waals surface area contributed by atoms with Gasteiger partial charge in [0.15, 0.2) is 0 Å². The molecule has 4 heteroatoms. The van der Waals surface area contributed by atoms with Gasteiger partial charge in [-0.15, -0.1) is 0 Å². The van der Waals surface area contributed by atoms with Gasteiger partial charge in [-0.1, -0.05) is 0 Å². The Kier molecular flexibility index (Phi) is 2.19. The fraction of sp³-hybridized carbons (Fsp3) is 0.125. The number of anilines is 1. The van der Waals surface area contributed by atoms with Gasteiger partial charge in [0.2, 0.25) is 0 Å². The fourth-order valence-corrected chi connectivity index (χ4v) is 0.977. The van der Waals surface area contributed by atoms with Crippen molar-refractivity contribution in [2.75, 3.05) is 5.32 Å². The average molecular weight is 166 g/mol. The summed E-state index contributed by atoms with van der Waals surface area (Å²) >= 11 is 0. The second-order valence-electron chi connectivity index (χ2n) is 2.55. The van der Waals surface area contributed by atoms with Crippen molar-refractivity contribution in [2.24, 2.45) is 5.73 Å². The zero-order valence-corrected chi connectivity index (χ0v) is 6.66. The van der Waals surface area contributed by atoms with E-state index in [1.165, 1.54) is 6.07 Å². The van der Waals surface area contributed by atoms with Crippen molar-refractivity contribution in [1.29, 1.82) is 0 Å². The van der Waals surface area contributed by atoms with E-state index in [4.69, 9.17) is 10.8 Å². The Morgan fingerprint density at radius 1 is 1.50 bits per heavy atom. The lowest BCUT2D eigenvalue weighted by molar-refractivity contribution is 0.259. The SMILES string of the molecule is Cc1cc(O)cc(NC(N)=O)c1. The molecular weight excluding hydrogens is 156 g/mol. The summed E-state index contributed by atoms with van der Waals surface area (Å²) in [5, 5.41) is 11.5. The molecule has 1 rings (SSSR count). The molecule has 4 nitrogen and oxygen atoms in total. The Morgan fingerprint density at radius 2 is 2.17 bits per heavy atom. The lowest BCUT2D eigenvalue weighted by atomic mass is 10.2. The average Bonchev–Trinajstić information content (AvgIpc) is 1.81. The number of carbonyl (C=O) groups is 1. The van der Waals surface area contributed by atoms with Gasteiger partial charge < -0.3 is 16.2 Å². The molecule has 0 radical (unpaired) electrons. The third-order valence-electron chi connectivity index (χ3n) is 1.33.